The Morgan fingerprint density at radius 3 is 2.65 bits per heavy atom. The normalized spacial score (nSPS) is 33.9. The number of aromatic nitrogens is 1. The number of epoxide rings is 1. The molecule has 0 amide bonds. The SMILES string of the molecule is CCCCC1C(=O)C(C)(C)C(O)CC(=O)OC(c2ccc3sc(CN)nc3c2)CC2OC2(C)CCCC(C)C1O. The van der Waals surface area contributed by atoms with Gasteiger partial charge in [-0.1, -0.05) is 53.0 Å². The Hall–Kier alpha value is -1.91. The van der Waals surface area contributed by atoms with E-state index >= 15 is 0 Å². The molecule has 0 bridgehead atoms. The fraction of sp³-hybridized carbons (Fsp3) is 0.710. The van der Waals surface area contributed by atoms with Gasteiger partial charge < -0.3 is 25.4 Å². The molecule has 0 saturated carbocycles. The van der Waals surface area contributed by atoms with Crippen LogP contribution in [0, 0.1) is 17.3 Å². The third kappa shape index (κ3) is 6.76. The lowest BCUT2D eigenvalue weighted by molar-refractivity contribution is -0.156. The zero-order valence-corrected chi connectivity index (χ0v) is 25.3. The van der Waals surface area contributed by atoms with E-state index < -0.39 is 35.6 Å². The van der Waals surface area contributed by atoms with E-state index in [0.29, 0.717) is 19.4 Å². The lowest BCUT2D eigenvalue weighted by Crippen LogP contribution is -2.46. The lowest BCUT2D eigenvalue weighted by Gasteiger charge is -2.36. The summed E-state index contributed by atoms with van der Waals surface area (Å²) < 4.78 is 13.2. The Balaban J connectivity index is 1.62. The first-order chi connectivity index (χ1) is 18.9. The van der Waals surface area contributed by atoms with E-state index in [2.05, 4.69) is 18.8 Å². The molecule has 2 aromatic rings. The van der Waals surface area contributed by atoms with Crippen molar-refractivity contribution in [3.05, 3.63) is 28.8 Å². The molecule has 3 heterocycles. The molecule has 9 heteroatoms. The largest absolute Gasteiger partial charge is 0.457 e. The van der Waals surface area contributed by atoms with Gasteiger partial charge in [-0.05, 0) is 49.8 Å². The summed E-state index contributed by atoms with van der Waals surface area (Å²) in [6, 6.07) is 5.86. The van der Waals surface area contributed by atoms with Crippen molar-refractivity contribution in [3.8, 4) is 0 Å². The highest BCUT2D eigenvalue weighted by Gasteiger charge is 2.53. The minimum atomic E-state index is -1.25. The number of nitrogens with zero attached hydrogens (tertiary/aromatic N) is 1. The number of esters is 1. The van der Waals surface area contributed by atoms with Crippen molar-refractivity contribution >= 4 is 33.3 Å². The van der Waals surface area contributed by atoms with Crippen LogP contribution < -0.4 is 5.73 Å². The van der Waals surface area contributed by atoms with Crippen molar-refractivity contribution in [2.45, 2.75) is 123 Å². The summed E-state index contributed by atoms with van der Waals surface area (Å²) in [4.78, 5) is 31.6. The molecule has 4 rings (SSSR count). The summed E-state index contributed by atoms with van der Waals surface area (Å²) in [5, 5.41) is 23.3. The predicted molar refractivity (Wildman–Crippen MR) is 156 cm³/mol. The molecule has 7 unspecified atom stereocenters. The smallest absolute Gasteiger partial charge is 0.309 e. The predicted octanol–water partition coefficient (Wildman–Crippen LogP) is 5.22. The van der Waals surface area contributed by atoms with Gasteiger partial charge in [0.25, 0.3) is 0 Å². The van der Waals surface area contributed by atoms with E-state index in [4.69, 9.17) is 15.2 Å². The third-order valence-electron chi connectivity index (χ3n) is 9.10. The Kier molecular flexibility index (Phi) is 9.72. The summed E-state index contributed by atoms with van der Waals surface area (Å²) in [5.41, 5.74) is 5.86. The van der Waals surface area contributed by atoms with Crippen LogP contribution in [-0.4, -0.2) is 50.9 Å². The lowest BCUT2D eigenvalue weighted by atomic mass is 9.71. The van der Waals surface area contributed by atoms with Crippen LogP contribution in [0.4, 0.5) is 0 Å². The maximum absolute atomic E-state index is 13.8. The Morgan fingerprint density at radius 2 is 1.95 bits per heavy atom. The maximum Gasteiger partial charge on any atom is 0.309 e. The average Bonchev–Trinajstić information content (AvgIpc) is 3.35. The molecular weight excluding hydrogens is 528 g/mol. The number of fused-ring (bicyclic) bond motifs is 2. The third-order valence-corrected chi connectivity index (χ3v) is 10.2. The van der Waals surface area contributed by atoms with Gasteiger partial charge in [-0.2, -0.15) is 0 Å². The van der Waals surface area contributed by atoms with E-state index in [-0.39, 0.29) is 29.8 Å². The van der Waals surface area contributed by atoms with Crippen molar-refractivity contribution in [2.75, 3.05) is 0 Å². The molecular formula is C31H46N2O6S. The number of ether oxygens (including phenoxy) is 2. The van der Waals surface area contributed by atoms with E-state index in [9.17, 15) is 19.8 Å². The molecule has 1 aromatic heterocycles. The Morgan fingerprint density at radius 1 is 1.20 bits per heavy atom. The van der Waals surface area contributed by atoms with Crippen molar-refractivity contribution < 1.29 is 29.3 Å². The molecule has 0 spiro atoms. The molecule has 7 atom stereocenters. The number of unbranched alkanes of at least 4 members (excludes halogenated alkanes) is 1. The number of Topliss-reactive ketones (excluding diaryl/α,β-unsaturated/α-hetero) is 1. The van der Waals surface area contributed by atoms with E-state index in [1.165, 1.54) is 0 Å². The van der Waals surface area contributed by atoms with Crippen LogP contribution in [0.15, 0.2) is 18.2 Å². The number of aliphatic hydroxyl groups is 2. The van der Waals surface area contributed by atoms with Gasteiger partial charge in [0.2, 0.25) is 0 Å². The standard InChI is InChI=1S/C31H46N2O6S/c1-6-7-10-20-28(36)18(2)9-8-13-31(5)25(39-31)15-22(38-27(35)16-24(34)30(3,4)29(20)37)19-11-12-23-21(14-19)33-26(17-32)40-23/h11-12,14,18,20,22,24-25,28,34,36H,6-10,13,15-17,32H2,1-5H3. The number of rotatable bonds is 5. The number of carbonyl (C=O) groups is 2. The van der Waals surface area contributed by atoms with Gasteiger partial charge in [0.1, 0.15) is 16.9 Å². The highest BCUT2D eigenvalue weighted by Crippen LogP contribution is 2.47. The number of aliphatic hydroxyl groups excluding tert-OH is 2. The van der Waals surface area contributed by atoms with Gasteiger partial charge in [-0.25, -0.2) is 4.98 Å². The van der Waals surface area contributed by atoms with Gasteiger partial charge in [0.15, 0.2) is 0 Å². The second-order valence-electron chi connectivity index (χ2n) is 12.6. The van der Waals surface area contributed by atoms with Gasteiger partial charge in [-0.15, -0.1) is 11.3 Å². The average molecular weight is 575 g/mol. The van der Waals surface area contributed by atoms with E-state index in [1.54, 1.807) is 25.2 Å². The molecule has 0 radical (unpaired) electrons. The number of carbonyl (C=O) groups excluding carboxylic acids is 2. The first-order valence-electron chi connectivity index (χ1n) is 14.8. The number of benzene rings is 1. The fourth-order valence-electron chi connectivity index (χ4n) is 6.02. The number of nitrogens with two attached hydrogens (primary N) is 1. The van der Waals surface area contributed by atoms with Crippen LogP contribution in [0.3, 0.4) is 0 Å². The minimum Gasteiger partial charge on any atom is -0.457 e. The van der Waals surface area contributed by atoms with Gasteiger partial charge in [0.05, 0.1) is 46.0 Å². The quantitative estimate of drug-likeness (QED) is 0.327. The fourth-order valence-corrected chi connectivity index (χ4v) is 6.85. The van der Waals surface area contributed by atoms with E-state index in [1.807, 2.05) is 25.1 Å². The number of ketones is 1. The molecule has 2 aliphatic rings. The van der Waals surface area contributed by atoms with Crippen LogP contribution >= 0.6 is 11.3 Å². The van der Waals surface area contributed by atoms with Crippen molar-refractivity contribution in [3.63, 3.8) is 0 Å². The van der Waals surface area contributed by atoms with Crippen LogP contribution in [0.25, 0.3) is 10.2 Å². The van der Waals surface area contributed by atoms with Gasteiger partial charge in [0, 0.05) is 18.9 Å². The second kappa shape index (κ2) is 12.5. The van der Waals surface area contributed by atoms with Crippen LogP contribution in [0.1, 0.15) is 103 Å². The zero-order valence-electron chi connectivity index (χ0n) is 24.5. The summed E-state index contributed by atoms with van der Waals surface area (Å²) in [6.45, 7) is 9.83. The molecule has 222 valence electrons. The molecule has 1 aromatic carbocycles. The zero-order chi connectivity index (χ0) is 29.2. The van der Waals surface area contributed by atoms with Crippen molar-refractivity contribution in [1.29, 1.82) is 0 Å². The van der Waals surface area contributed by atoms with Crippen molar-refractivity contribution in [1.82, 2.24) is 4.98 Å². The Bertz CT molecular complexity index is 1200. The molecule has 40 heavy (non-hydrogen) atoms. The molecule has 2 fully saturated rings. The molecule has 2 saturated heterocycles. The number of hydrogen-bond acceptors (Lipinski definition) is 9. The maximum atomic E-state index is 13.8. The minimum absolute atomic E-state index is 0.0755. The highest BCUT2D eigenvalue weighted by atomic mass is 32.1. The van der Waals surface area contributed by atoms with E-state index in [0.717, 1.165) is 52.9 Å². The van der Waals surface area contributed by atoms with Crippen LogP contribution in [-0.2, 0) is 25.6 Å². The monoisotopic (exact) mass is 574 g/mol. The summed E-state index contributed by atoms with van der Waals surface area (Å²) >= 11 is 1.54. The highest BCUT2D eigenvalue weighted by molar-refractivity contribution is 7.18. The number of thiazole rings is 1. The first kappa shape index (κ1) is 31.0. The molecule has 0 aliphatic carbocycles. The number of hydrogen-bond donors (Lipinski definition) is 3. The van der Waals surface area contributed by atoms with Crippen molar-refractivity contribution in [2.24, 2.45) is 23.0 Å². The number of cyclic esters (lactones) is 1. The second-order valence-corrected chi connectivity index (χ2v) is 13.7. The van der Waals surface area contributed by atoms with Crippen LogP contribution in [0.2, 0.25) is 0 Å². The summed E-state index contributed by atoms with van der Waals surface area (Å²) in [6.07, 6.45) is 2.15. The molecule has 4 N–H and O–H groups in total. The Labute approximate surface area is 241 Å². The molecule has 2 aliphatic heterocycles. The van der Waals surface area contributed by atoms with Crippen LogP contribution in [0.5, 0.6) is 0 Å². The summed E-state index contributed by atoms with van der Waals surface area (Å²) in [5.74, 6) is -1.45. The molecule has 8 nitrogen and oxygen atoms in total. The first-order valence-corrected chi connectivity index (χ1v) is 15.6. The van der Waals surface area contributed by atoms with Gasteiger partial charge >= 0.3 is 5.97 Å². The summed E-state index contributed by atoms with van der Waals surface area (Å²) in [7, 11) is 0. The topological polar surface area (TPSA) is 135 Å². The van der Waals surface area contributed by atoms with Gasteiger partial charge in [-0.3, -0.25) is 9.59 Å².